The van der Waals surface area contributed by atoms with Crippen LogP contribution in [0.15, 0.2) is 12.1 Å². The second-order valence-electron chi connectivity index (χ2n) is 9.63. The van der Waals surface area contributed by atoms with Gasteiger partial charge in [-0.3, -0.25) is 0 Å². The fraction of sp³-hybridized carbons (Fsp3) is 0.818. The van der Waals surface area contributed by atoms with Gasteiger partial charge in [-0.25, -0.2) is 0 Å². The summed E-state index contributed by atoms with van der Waals surface area (Å²) < 4.78 is 8.48. The SMILES string of the molecule is CCC[CH2][Sn]([CH2]CCC)([CH2]CCC)[c]1ccc([Si](C)(C)C(C)(C)C)s1. The Bertz CT molecular complexity index is 477. The van der Waals surface area contributed by atoms with Gasteiger partial charge >= 0.3 is 169 Å². The zero-order valence-corrected chi connectivity index (χ0v) is 23.1. The second kappa shape index (κ2) is 10.3. The summed E-state index contributed by atoms with van der Waals surface area (Å²) in [5.74, 6) is 0. The summed E-state index contributed by atoms with van der Waals surface area (Å²) in [6, 6.07) is 5.19. The molecule has 0 aliphatic carbocycles. The summed E-state index contributed by atoms with van der Waals surface area (Å²) in [4.78, 5) is 0. The van der Waals surface area contributed by atoms with E-state index in [0.717, 1.165) is 0 Å². The van der Waals surface area contributed by atoms with Crippen molar-refractivity contribution in [3.05, 3.63) is 12.1 Å². The van der Waals surface area contributed by atoms with Crippen LogP contribution in [0.2, 0.25) is 31.4 Å². The molecule has 0 aliphatic heterocycles. The van der Waals surface area contributed by atoms with E-state index in [9.17, 15) is 0 Å². The Morgan fingerprint density at radius 3 is 1.64 bits per heavy atom. The molecule has 0 aromatic carbocycles. The number of rotatable bonds is 11. The van der Waals surface area contributed by atoms with Crippen LogP contribution in [0.25, 0.3) is 0 Å². The van der Waals surface area contributed by atoms with Crippen molar-refractivity contribution >= 4 is 45.2 Å². The van der Waals surface area contributed by atoms with Crippen molar-refractivity contribution in [1.82, 2.24) is 0 Å². The Balaban J connectivity index is 3.24. The maximum atomic E-state index is 2.62. The monoisotopic (exact) mass is 488 g/mol. The van der Waals surface area contributed by atoms with Crippen LogP contribution in [0.3, 0.4) is 0 Å². The number of hydrogen-bond acceptors (Lipinski definition) is 1. The first-order chi connectivity index (χ1) is 11.6. The summed E-state index contributed by atoms with van der Waals surface area (Å²) in [7, 11) is -1.38. The van der Waals surface area contributed by atoms with Crippen LogP contribution in [-0.2, 0) is 0 Å². The zero-order chi connectivity index (χ0) is 19.1. The summed E-state index contributed by atoms with van der Waals surface area (Å²) in [5, 5.41) is 0.448. The molecule has 146 valence electrons. The van der Waals surface area contributed by atoms with Gasteiger partial charge in [0.15, 0.2) is 0 Å². The summed E-state index contributed by atoms with van der Waals surface area (Å²) >= 11 is 0.0667. The number of unbranched alkanes of at least 4 members (excludes halogenated alkanes) is 3. The predicted octanol–water partition coefficient (Wildman–Crippen LogP) is 7.52. The molecule has 25 heavy (non-hydrogen) atoms. The Hall–Kier alpha value is 0.716. The molecule has 1 aromatic heterocycles. The van der Waals surface area contributed by atoms with Crippen molar-refractivity contribution in [3.63, 3.8) is 0 Å². The van der Waals surface area contributed by atoms with Gasteiger partial charge in [-0.15, -0.1) is 0 Å². The van der Waals surface area contributed by atoms with Gasteiger partial charge in [-0.1, -0.05) is 0 Å². The average molecular weight is 487 g/mol. The molecule has 1 heterocycles. The molecule has 0 aliphatic rings. The minimum atomic E-state index is -2.21. The molecule has 0 N–H and O–H groups in total. The van der Waals surface area contributed by atoms with Gasteiger partial charge in [0.05, 0.1) is 0 Å². The molecule has 0 spiro atoms. The molecule has 0 fully saturated rings. The molecule has 0 radical (unpaired) electrons. The van der Waals surface area contributed by atoms with Crippen LogP contribution in [0.5, 0.6) is 0 Å². The van der Waals surface area contributed by atoms with Crippen molar-refractivity contribution in [2.45, 2.75) is 112 Å². The third-order valence-electron chi connectivity index (χ3n) is 6.65. The third kappa shape index (κ3) is 6.10. The van der Waals surface area contributed by atoms with Gasteiger partial charge in [0.2, 0.25) is 0 Å². The molecular weight excluding hydrogens is 443 g/mol. The van der Waals surface area contributed by atoms with Gasteiger partial charge in [0, 0.05) is 0 Å². The molecule has 0 amide bonds. The van der Waals surface area contributed by atoms with Gasteiger partial charge in [0.1, 0.15) is 0 Å². The molecule has 3 heteroatoms. The first-order valence-corrected chi connectivity index (χ1v) is 22.0. The Morgan fingerprint density at radius 1 is 0.840 bits per heavy atom. The normalized spacial score (nSPS) is 13.4. The average Bonchev–Trinajstić information content (AvgIpc) is 3.05. The Morgan fingerprint density at radius 2 is 1.28 bits per heavy atom. The fourth-order valence-electron chi connectivity index (χ4n) is 3.62. The first kappa shape index (κ1) is 23.8. The van der Waals surface area contributed by atoms with E-state index in [1.54, 1.807) is 17.8 Å². The second-order valence-corrected chi connectivity index (χ2v) is 30.5. The fourth-order valence-corrected chi connectivity index (χ4v) is 27.9. The molecule has 0 atom stereocenters. The zero-order valence-electron chi connectivity index (χ0n) is 18.4. The van der Waals surface area contributed by atoms with E-state index in [4.69, 9.17) is 0 Å². The molecule has 0 nitrogen and oxygen atoms in total. The quantitative estimate of drug-likeness (QED) is 0.283. The molecule has 0 unspecified atom stereocenters. The van der Waals surface area contributed by atoms with Crippen molar-refractivity contribution in [2.75, 3.05) is 0 Å². The van der Waals surface area contributed by atoms with E-state index in [1.807, 2.05) is 2.89 Å². The van der Waals surface area contributed by atoms with Crippen molar-refractivity contribution < 1.29 is 0 Å². The first-order valence-electron chi connectivity index (χ1n) is 10.8. The van der Waals surface area contributed by atoms with Crippen molar-refractivity contribution in [3.8, 4) is 0 Å². The summed E-state index contributed by atoms with van der Waals surface area (Å²) in [6.45, 7) is 19.7. The van der Waals surface area contributed by atoms with Crippen molar-refractivity contribution in [2.24, 2.45) is 0 Å². The standard InChI is InChI=1S/C10H17SSi.3C4H9.Sn/c1-10(2,3)12(4,5)9-7-6-8-11-9;3*1-3-4-2;/h6-7H,1-5H3;3*1,3-4H2,2H3;. The van der Waals surface area contributed by atoms with E-state index in [2.05, 4.69) is 78.1 Å². The Kier molecular flexibility index (Phi) is 9.80. The van der Waals surface area contributed by atoms with Crippen molar-refractivity contribution in [1.29, 1.82) is 0 Å². The number of hydrogen-bond donors (Lipinski definition) is 0. The predicted molar refractivity (Wildman–Crippen MR) is 126 cm³/mol. The molecule has 0 saturated carbocycles. The molecule has 0 bridgehead atoms. The van der Waals surface area contributed by atoms with E-state index in [1.165, 1.54) is 38.5 Å². The van der Waals surface area contributed by atoms with Gasteiger partial charge in [-0.2, -0.15) is 0 Å². The van der Waals surface area contributed by atoms with Crippen LogP contribution in [-0.4, -0.2) is 26.5 Å². The van der Waals surface area contributed by atoms with Crippen LogP contribution < -0.4 is 7.39 Å². The topological polar surface area (TPSA) is 0 Å². The number of thiophene rings is 1. The van der Waals surface area contributed by atoms with E-state index in [0.29, 0.717) is 5.04 Å². The van der Waals surface area contributed by atoms with Crippen LogP contribution in [0.1, 0.15) is 80.1 Å². The van der Waals surface area contributed by atoms with Gasteiger partial charge in [-0.05, 0) is 0 Å². The van der Waals surface area contributed by atoms with E-state index < -0.39 is 26.5 Å². The maximum absolute atomic E-state index is 2.62. The van der Waals surface area contributed by atoms with Gasteiger partial charge in [0.25, 0.3) is 0 Å². The molecule has 1 aromatic rings. The molecular formula is C22H44SSiSn. The van der Waals surface area contributed by atoms with Crippen LogP contribution >= 0.6 is 11.3 Å². The van der Waals surface area contributed by atoms with E-state index in [-0.39, 0.29) is 0 Å². The minimum absolute atomic E-state index is 0.448. The summed E-state index contributed by atoms with van der Waals surface area (Å²) in [6.07, 6.45) is 8.52. The van der Waals surface area contributed by atoms with E-state index >= 15 is 0 Å². The van der Waals surface area contributed by atoms with Crippen LogP contribution in [0, 0.1) is 0 Å². The molecule has 1 rings (SSSR count). The Labute approximate surface area is 168 Å². The van der Waals surface area contributed by atoms with Gasteiger partial charge < -0.3 is 0 Å². The summed E-state index contributed by atoms with van der Waals surface area (Å²) in [5.41, 5.74) is 0. The molecule has 0 saturated heterocycles. The third-order valence-corrected chi connectivity index (χ3v) is 32.8. The van der Waals surface area contributed by atoms with Crippen LogP contribution in [0.4, 0.5) is 0 Å².